The monoisotopic (exact) mass is 411 g/mol. The number of aryl methyl sites for hydroxylation is 1. The van der Waals surface area contributed by atoms with E-state index in [0.29, 0.717) is 18.8 Å². The molecule has 2 aliphatic rings. The summed E-state index contributed by atoms with van der Waals surface area (Å²) in [5.41, 5.74) is 4.23. The summed E-state index contributed by atoms with van der Waals surface area (Å²) in [7, 11) is 3.27. The molecule has 3 heterocycles. The van der Waals surface area contributed by atoms with Crippen molar-refractivity contribution in [3.8, 4) is 16.5 Å². The fraction of sp³-hybridized carbons (Fsp3) is 0.400. The van der Waals surface area contributed by atoms with Gasteiger partial charge in [-0.05, 0) is 64.9 Å². The van der Waals surface area contributed by atoms with Gasteiger partial charge < -0.3 is 14.4 Å². The molecule has 0 saturated heterocycles. The summed E-state index contributed by atoms with van der Waals surface area (Å²) in [6.45, 7) is 1.22. The lowest BCUT2D eigenvalue weighted by Gasteiger charge is -2.30. The number of methoxy groups -OCH3 is 2. The first-order valence-corrected chi connectivity index (χ1v) is 10.4. The maximum Gasteiger partial charge on any atom is 0.257 e. The highest BCUT2D eigenvalue weighted by Crippen LogP contribution is 2.39. The number of tetrazole rings is 1. The number of fused-ring (bicyclic) bond motifs is 2. The highest BCUT2D eigenvalue weighted by atomic mass is 32.1. The molecule has 0 bridgehead atoms. The minimum atomic E-state index is 0.0512. The van der Waals surface area contributed by atoms with E-state index >= 15 is 0 Å². The van der Waals surface area contributed by atoms with E-state index in [0.717, 1.165) is 47.6 Å². The van der Waals surface area contributed by atoms with Crippen LogP contribution in [-0.2, 0) is 25.8 Å². The Morgan fingerprint density at radius 3 is 2.62 bits per heavy atom. The molecular weight excluding hydrogens is 390 g/mol. The van der Waals surface area contributed by atoms with E-state index in [1.165, 1.54) is 16.0 Å². The van der Waals surface area contributed by atoms with Gasteiger partial charge in [-0.2, -0.15) is 4.68 Å². The van der Waals surface area contributed by atoms with Gasteiger partial charge in [-0.25, -0.2) is 0 Å². The molecule has 0 fully saturated rings. The molecule has 3 aromatic rings. The zero-order chi connectivity index (χ0) is 20.0. The molecule has 8 nitrogen and oxygen atoms in total. The van der Waals surface area contributed by atoms with Crippen LogP contribution in [-0.4, -0.2) is 51.8 Å². The number of rotatable bonds is 4. The minimum absolute atomic E-state index is 0.0512. The van der Waals surface area contributed by atoms with Crippen molar-refractivity contribution in [2.45, 2.75) is 32.2 Å². The number of amides is 1. The lowest BCUT2D eigenvalue weighted by Crippen LogP contribution is -2.36. The molecule has 1 amide bonds. The second kappa shape index (κ2) is 7.14. The Kier molecular flexibility index (Phi) is 4.46. The number of thiophene rings is 1. The van der Waals surface area contributed by atoms with Gasteiger partial charge in [-0.15, -0.1) is 16.4 Å². The van der Waals surface area contributed by atoms with Gasteiger partial charge in [-0.3, -0.25) is 4.79 Å². The first-order valence-electron chi connectivity index (χ1n) is 9.60. The molecule has 150 valence electrons. The zero-order valence-electron chi connectivity index (χ0n) is 16.3. The molecule has 9 heteroatoms. The summed E-state index contributed by atoms with van der Waals surface area (Å²) in [6, 6.07) is 4.00. The van der Waals surface area contributed by atoms with Crippen molar-refractivity contribution in [3.05, 3.63) is 45.6 Å². The quantitative estimate of drug-likeness (QED) is 0.656. The van der Waals surface area contributed by atoms with Crippen LogP contribution < -0.4 is 9.47 Å². The van der Waals surface area contributed by atoms with Crippen LogP contribution in [0.25, 0.3) is 5.00 Å². The van der Waals surface area contributed by atoms with E-state index in [9.17, 15) is 4.79 Å². The molecule has 0 atom stereocenters. The van der Waals surface area contributed by atoms with Crippen molar-refractivity contribution in [1.29, 1.82) is 0 Å². The van der Waals surface area contributed by atoms with E-state index in [-0.39, 0.29) is 5.91 Å². The van der Waals surface area contributed by atoms with E-state index < -0.39 is 0 Å². The predicted molar refractivity (Wildman–Crippen MR) is 107 cm³/mol. The average Bonchev–Trinajstić information content (AvgIpc) is 3.48. The molecule has 1 aromatic carbocycles. The Bertz CT molecular complexity index is 1080. The van der Waals surface area contributed by atoms with Crippen LogP contribution in [0.15, 0.2) is 18.5 Å². The lowest BCUT2D eigenvalue weighted by atomic mass is 9.97. The Balaban J connectivity index is 1.50. The third-order valence-electron chi connectivity index (χ3n) is 5.68. The predicted octanol–water partition coefficient (Wildman–Crippen LogP) is 2.43. The number of aromatic nitrogens is 4. The molecule has 0 spiro atoms. The Labute approximate surface area is 172 Å². The van der Waals surface area contributed by atoms with Gasteiger partial charge >= 0.3 is 0 Å². The molecule has 5 rings (SSSR count). The number of carbonyl (C=O) groups excluding carboxylic acids is 1. The third kappa shape index (κ3) is 2.96. The van der Waals surface area contributed by atoms with Crippen LogP contribution in [0.1, 0.15) is 38.3 Å². The van der Waals surface area contributed by atoms with Crippen LogP contribution in [0.3, 0.4) is 0 Å². The largest absolute Gasteiger partial charge is 0.493 e. The first-order chi connectivity index (χ1) is 14.2. The molecule has 0 radical (unpaired) electrons. The van der Waals surface area contributed by atoms with Gasteiger partial charge in [0, 0.05) is 18.0 Å². The van der Waals surface area contributed by atoms with Crippen LogP contribution in [0, 0.1) is 0 Å². The van der Waals surface area contributed by atoms with Gasteiger partial charge in [-0.1, -0.05) is 0 Å². The lowest BCUT2D eigenvalue weighted by molar-refractivity contribution is 0.0734. The highest BCUT2D eigenvalue weighted by Gasteiger charge is 2.32. The molecule has 1 aliphatic heterocycles. The molecule has 0 N–H and O–H groups in total. The maximum absolute atomic E-state index is 13.6. The van der Waals surface area contributed by atoms with Crippen LogP contribution in [0.5, 0.6) is 11.5 Å². The van der Waals surface area contributed by atoms with Gasteiger partial charge in [0.05, 0.1) is 19.8 Å². The molecule has 0 saturated carbocycles. The Morgan fingerprint density at radius 2 is 1.90 bits per heavy atom. The molecular formula is C20H21N5O3S. The summed E-state index contributed by atoms with van der Waals surface area (Å²) in [6.07, 6.45) is 5.39. The molecule has 0 unspecified atom stereocenters. The van der Waals surface area contributed by atoms with Crippen molar-refractivity contribution in [2.75, 3.05) is 20.8 Å². The summed E-state index contributed by atoms with van der Waals surface area (Å²) in [5, 5.41) is 12.3. The first kappa shape index (κ1) is 18.1. The second-order valence-corrected chi connectivity index (χ2v) is 8.33. The Hall–Kier alpha value is -2.94. The summed E-state index contributed by atoms with van der Waals surface area (Å²) < 4.78 is 12.5. The smallest absolute Gasteiger partial charge is 0.257 e. The number of hydrogen-bond donors (Lipinski definition) is 0. The number of carbonyl (C=O) groups is 1. The average molecular weight is 411 g/mol. The van der Waals surface area contributed by atoms with Crippen molar-refractivity contribution in [3.63, 3.8) is 0 Å². The normalized spacial score (nSPS) is 15.2. The van der Waals surface area contributed by atoms with Crippen molar-refractivity contribution < 1.29 is 14.3 Å². The van der Waals surface area contributed by atoms with Crippen molar-refractivity contribution >= 4 is 17.2 Å². The highest BCUT2D eigenvalue weighted by molar-refractivity contribution is 7.15. The van der Waals surface area contributed by atoms with E-state index in [4.69, 9.17) is 9.47 Å². The summed E-state index contributed by atoms with van der Waals surface area (Å²) in [5.74, 6) is 1.46. The van der Waals surface area contributed by atoms with E-state index in [2.05, 4.69) is 15.5 Å². The van der Waals surface area contributed by atoms with Gasteiger partial charge in [0.1, 0.15) is 11.3 Å². The third-order valence-corrected chi connectivity index (χ3v) is 6.96. The van der Waals surface area contributed by atoms with E-state index in [1.54, 1.807) is 36.6 Å². The SMILES string of the molecule is COc1cc2c(cc1OC)CN(C(=O)c1c(-n3cnnn3)sc3c1CCC3)CC2. The fourth-order valence-electron chi connectivity index (χ4n) is 4.24. The standard InChI is InChI=1S/C20H21N5O3S/c1-27-15-8-12-6-7-24(10-13(12)9-16(15)28-2)19(26)18-14-4-3-5-17(14)29-20(18)25-11-21-22-23-25/h8-9,11H,3-7,10H2,1-2H3. The number of hydrogen-bond acceptors (Lipinski definition) is 7. The number of nitrogens with zero attached hydrogens (tertiary/aromatic N) is 5. The summed E-state index contributed by atoms with van der Waals surface area (Å²) in [4.78, 5) is 16.8. The van der Waals surface area contributed by atoms with Crippen LogP contribution in [0.4, 0.5) is 0 Å². The minimum Gasteiger partial charge on any atom is -0.493 e. The van der Waals surface area contributed by atoms with Crippen LogP contribution in [0.2, 0.25) is 0 Å². The van der Waals surface area contributed by atoms with Crippen molar-refractivity contribution in [2.24, 2.45) is 0 Å². The zero-order valence-corrected chi connectivity index (χ0v) is 17.2. The van der Waals surface area contributed by atoms with Gasteiger partial charge in [0.2, 0.25) is 0 Å². The van der Waals surface area contributed by atoms with Gasteiger partial charge in [0.25, 0.3) is 5.91 Å². The molecule has 29 heavy (non-hydrogen) atoms. The van der Waals surface area contributed by atoms with Gasteiger partial charge in [0.15, 0.2) is 11.5 Å². The second-order valence-electron chi connectivity index (χ2n) is 7.24. The topological polar surface area (TPSA) is 82.4 Å². The van der Waals surface area contributed by atoms with Crippen molar-refractivity contribution in [1.82, 2.24) is 25.1 Å². The van der Waals surface area contributed by atoms with Crippen LogP contribution >= 0.6 is 11.3 Å². The maximum atomic E-state index is 13.6. The fourth-order valence-corrected chi connectivity index (χ4v) is 5.54. The molecule has 2 aromatic heterocycles. The number of benzene rings is 1. The summed E-state index contributed by atoms with van der Waals surface area (Å²) >= 11 is 1.63. The number of ether oxygens (including phenoxy) is 2. The molecule has 1 aliphatic carbocycles. The van der Waals surface area contributed by atoms with E-state index in [1.807, 2.05) is 17.0 Å². The Morgan fingerprint density at radius 1 is 1.10 bits per heavy atom.